The first kappa shape index (κ1) is 19.7. The number of piperidine rings is 1. The van der Waals surface area contributed by atoms with E-state index in [0.29, 0.717) is 39.1 Å². The summed E-state index contributed by atoms with van der Waals surface area (Å²) in [5.74, 6) is 0.358. The molecular formula is C19H33N3O3. The van der Waals surface area contributed by atoms with Gasteiger partial charge in [0.2, 0.25) is 17.7 Å². The van der Waals surface area contributed by atoms with Gasteiger partial charge in [-0.15, -0.1) is 0 Å². The zero-order valence-electron chi connectivity index (χ0n) is 16.0. The van der Waals surface area contributed by atoms with Crippen LogP contribution in [0.4, 0.5) is 0 Å². The molecule has 2 fully saturated rings. The molecule has 1 atom stereocenters. The third-order valence-electron chi connectivity index (χ3n) is 5.56. The average Bonchev–Trinajstić information content (AvgIpc) is 3.12. The second-order valence-electron chi connectivity index (χ2n) is 7.11. The molecule has 2 heterocycles. The molecule has 0 spiro atoms. The van der Waals surface area contributed by atoms with Crippen molar-refractivity contribution < 1.29 is 14.4 Å². The Morgan fingerprint density at radius 2 is 1.60 bits per heavy atom. The Labute approximate surface area is 151 Å². The molecule has 6 nitrogen and oxygen atoms in total. The van der Waals surface area contributed by atoms with Crippen molar-refractivity contribution in [3.05, 3.63) is 0 Å². The van der Waals surface area contributed by atoms with E-state index in [1.807, 2.05) is 35.5 Å². The minimum atomic E-state index is -0.285. The van der Waals surface area contributed by atoms with Crippen LogP contribution < -0.4 is 0 Å². The molecule has 2 aliphatic heterocycles. The molecule has 0 radical (unpaired) electrons. The van der Waals surface area contributed by atoms with Crippen molar-refractivity contribution in [2.75, 3.05) is 32.7 Å². The van der Waals surface area contributed by atoms with Crippen LogP contribution in [0.3, 0.4) is 0 Å². The van der Waals surface area contributed by atoms with Gasteiger partial charge in [-0.3, -0.25) is 14.4 Å². The second kappa shape index (κ2) is 9.20. The van der Waals surface area contributed by atoms with Crippen LogP contribution >= 0.6 is 0 Å². The van der Waals surface area contributed by atoms with Crippen LogP contribution in [-0.2, 0) is 14.4 Å². The van der Waals surface area contributed by atoms with E-state index in [9.17, 15) is 14.4 Å². The van der Waals surface area contributed by atoms with E-state index in [0.717, 1.165) is 32.1 Å². The van der Waals surface area contributed by atoms with Gasteiger partial charge in [-0.1, -0.05) is 6.92 Å². The van der Waals surface area contributed by atoms with E-state index in [1.165, 1.54) is 0 Å². The SMILES string of the molecule is CCCC(=O)N1CCC(C(=O)N2CCCC2C(=O)N(CC)CC)CC1. The van der Waals surface area contributed by atoms with Crippen LogP contribution in [0.2, 0.25) is 0 Å². The summed E-state index contributed by atoms with van der Waals surface area (Å²) in [6.07, 6.45) is 4.56. The topological polar surface area (TPSA) is 60.9 Å². The first-order chi connectivity index (χ1) is 12.0. The van der Waals surface area contributed by atoms with Crippen molar-refractivity contribution in [1.82, 2.24) is 14.7 Å². The Bertz CT molecular complexity index is 482. The minimum absolute atomic E-state index is 0.0456. The van der Waals surface area contributed by atoms with Gasteiger partial charge in [0, 0.05) is 45.1 Å². The number of carbonyl (C=O) groups is 3. The van der Waals surface area contributed by atoms with E-state index >= 15 is 0 Å². The van der Waals surface area contributed by atoms with Gasteiger partial charge in [0.15, 0.2) is 0 Å². The van der Waals surface area contributed by atoms with Crippen molar-refractivity contribution in [2.45, 2.75) is 65.3 Å². The Morgan fingerprint density at radius 1 is 0.960 bits per heavy atom. The molecule has 0 aromatic heterocycles. The molecule has 3 amide bonds. The standard InChI is InChI=1S/C19H33N3O3/c1-4-8-17(23)21-13-10-15(11-14-21)18(24)22-12-7-9-16(22)19(25)20(5-2)6-3/h15-16H,4-14H2,1-3H3. The highest BCUT2D eigenvalue weighted by molar-refractivity contribution is 5.89. The molecule has 2 aliphatic rings. The molecule has 0 N–H and O–H groups in total. The lowest BCUT2D eigenvalue weighted by atomic mass is 9.94. The molecule has 0 saturated carbocycles. The molecule has 2 rings (SSSR count). The summed E-state index contributed by atoms with van der Waals surface area (Å²) in [6, 6.07) is -0.285. The van der Waals surface area contributed by atoms with Crippen molar-refractivity contribution >= 4 is 17.7 Å². The number of likely N-dealkylation sites (tertiary alicyclic amines) is 2. The van der Waals surface area contributed by atoms with Crippen molar-refractivity contribution in [1.29, 1.82) is 0 Å². The number of amides is 3. The van der Waals surface area contributed by atoms with E-state index in [2.05, 4.69) is 0 Å². The van der Waals surface area contributed by atoms with Crippen molar-refractivity contribution in [2.24, 2.45) is 5.92 Å². The quantitative estimate of drug-likeness (QED) is 0.734. The predicted molar refractivity (Wildman–Crippen MR) is 96.9 cm³/mol. The summed E-state index contributed by atoms with van der Waals surface area (Å²) in [5.41, 5.74) is 0. The van der Waals surface area contributed by atoms with Crippen LogP contribution in [0.25, 0.3) is 0 Å². The van der Waals surface area contributed by atoms with Crippen LogP contribution in [0.15, 0.2) is 0 Å². The van der Waals surface area contributed by atoms with Crippen LogP contribution in [0.1, 0.15) is 59.3 Å². The molecule has 0 bridgehead atoms. The monoisotopic (exact) mass is 351 g/mol. The molecular weight excluding hydrogens is 318 g/mol. The Kier molecular flexibility index (Phi) is 7.26. The molecule has 0 aliphatic carbocycles. The number of rotatable bonds is 6. The number of likely N-dealkylation sites (N-methyl/N-ethyl adjacent to an activating group) is 1. The number of carbonyl (C=O) groups excluding carboxylic acids is 3. The van der Waals surface area contributed by atoms with Gasteiger partial charge in [0.05, 0.1) is 0 Å². The normalized spacial score (nSPS) is 21.5. The van der Waals surface area contributed by atoms with Crippen LogP contribution in [-0.4, -0.2) is 71.2 Å². The van der Waals surface area contributed by atoms with Gasteiger partial charge in [0.1, 0.15) is 6.04 Å². The second-order valence-corrected chi connectivity index (χ2v) is 7.11. The third-order valence-corrected chi connectivity index (χ3v) is 5.56. The number of hydrogen-bond donors (Lipinski definition) is 0. The molecule has 6 heteroatoms. The van der Waals surface area contributed by atoms with Gasteiger partial charge in [-0.2, -0.15) is 0 Å². The first-order valence-corrected chi connectivity index (χ1v) is 9.90. The third kappa shape index (κ3) is 4.53. The summed E-state index contributed by atoms with van der Waals surface area (Å²) in [5, 5.41) is 0. The minimum Gasteiger partial charge on any atom is -0.343 e. The zero-order valence-corrected chi connectivity index (χ0v) is 16.0. The van der Waals surface area contributed by atoms with Gasteiger partial charge in [-0.25, -0.2) is 0 Å². The van der Waals surface area contributed by atoms with Crippen molar-refractivity contribution in [3.8, 4) is 0 Å². The number of nitrogens with zero attached hydrogens (tertiary/aromatic N) is 3. The highest BCUT2D eigenvalue weighted by Gasteiger charge is 2.39. The summed E-state index contributed by atoms with van der Waals surface area (Å²) < 4.78 is 0. The smallest absolute Gasteiger partial charge is 0.245 e. The predicted octanol–water partition coefficient (Wildman–Crippen LogP) is 1.88. The van der Waals surface area contributed by atoms with Crippen LogP contribution in [0, 0.1) is 5.92 Å². The highest BCUT2D eigenvalue weighted by atomic mass is 16.2. The van der Waals surface area contributed by atoms with E-state index in [-0.39, 0.29) is 29.7 Å². The fourth-order valence-electron chi connectivity index (χ4n) is 4.02. The summed E-state index contributed by atoms with van der Waals surface area (Å²) in [6.45, 7) is 9.35. The molecule has 1 unspecified atom stereocenters. The summed E-state index contributed by atoms with van der Waals surface area (Å²) in [4.78, 5) is 43.2. The molecule has 142 valence electrons. The maximum Gasteiger partial charge on any atom is 0.245 e. The fourth-order valence-corrected chi connectivity index (χ4v) is 4.02. The van der Waals surface area contributed by atoms with E-state index in [1.54, 1.807) is 0 Å². The molecule has 0 aromatic rings. The Morgan fingerprint density at radius 3 is 2.16 bits per heavy atom. The maximum absolute atomic E-state index is 13.0. The first-order valence-electron chi connectivity index (χ1n) is 9.90. The highest BCUT2D eigenvalue weighted by Crippen LogP contribution is 2.26. The molecule has 2 saturated heterocycles. The zero-order chi connectivity index (χ0) is 18.4. The average molecular weight is 351 g/mol. The summed E-state index contributed by atoms with van der Waals surface area (Å²) >= 11 is 0. The van der Waals surface area contributed by atoms with Crippen LogP contribution in [0.5, 0.6) is 0 Å². The Hall–Kier alpha value is -1.59. The Balaban J connectivity index is 1.94. The van der Waals surface area contributed by atoms with E-state index < -0.39 is 0 Å². The maximum atomic E-state index is 13.0. The molecule has 25 heavy (non-hydrogen) atoms. The van der Waals surface area contributed by atoms with Crippen molar-refractivity contribution in [3.63, 3.8) is 0 Å². The lowest BCUT2D eigenvalue weighted by Gasteiger charge is -2.35. The largest absolute Gasteiger partial charge is 0.343 e. The van der Waals surface area contributed by atoms with Gasteiger partial charge >= 0.3 is 0 Å². The lowest BCUT2D eigenvalue weighted by Crippen LogP contribution is -2.51. The van der Waals surface area contributed by atoms with E-state index in [4.69, 9.17) is 0 Å². The molecule has 0 aromatic carbocycles. The fraction of sp³-hybridized carbons (Fsp3) is 0.842. The van der Waals surface area contributed by atoms with Gasteiger partial charge < -0.3 is 14.7 Å². The lowest BCUT2D eigenvalue weighted by molar-refractivity contribution is -0.147. The summed E-state index contributed by atoms with van der Waals surface area (Å²) in [7, 11) is 0. The number of hydrogen-bond acceptors (Lipinski definition) is 3. The van der Waals surface area contributed by atoms with Gasteiger partial charge in [-0.05, 0) is 46.0 Å². The van der Waals surface area contributed by atoms with Gasteiger partial charge in [0.25, 0.3) is 0 Å².